The van der Waals surface area contributed by atoms with E-state index in [0.29, 0.717) is 0 Å². The Morgan fingerprint density at radius 2 is 0.851 bits per heavy atom. The number of hydrogen-bond acceptors (Lipinski definition) is 1. The summed E-state index contributed by atoms with van der Waals surface area (Å²) in [5, 5.41) is 12.3. The first-order valence-electron chi connectivity index (χ1n) is 16.2. The molecule has 1 heteroatoms. The Balaban J connectivity index is 1.34. The van der Waals surface area contributed by atoms with Crippen molar-refractivity contribution in [3.8, 4) is 33.4 Å². The fourth-order valence-corrected chi connectivity index (χ4v) is 7.65. The summed E-state index contributed by atoms with van der Waals surface area (Å²) in [6.45, 7) is 0. The lowest BCUT2D eigenvalue weighted by Crippen LogP contribution is -1.92. The van der Waals surface area contributed by atoms with Crippen LogP contribution in [0.3, 0.4) is 0 Å². The minimum Gasteiger partial charge on any atom is -0.456 e. The summed E-state index contributed by atoms with van der Waals surface area (Å²) in [7, 11) is 0. The molecule has 9 aromatic carbocycles. The number of para-hydroxylation sites is 1. The van der Waals surface area contributed by atoms with Crippen LogP contribution in [0.15, 0.2) is 174 Å². The number of hydrogen-bond donors (Lipinski definition) is 0. The van der Waals surface area contributed by atoms with E-state index < -0.39 is 0 Å². The van der Waals surface area contributed by atoms with E-state index in [2.05, 4.69) is 164 Å². The lowest BCUT2D eigenvalue weighted by Gasteiger charge is -2.20. The third-order valence-corrected chi connectivity index (χ3v) is 9.83. The van der Waals surface area contributed by atoms with Gasteiger partial charge in [0.15, 0.2) is 0 Å². The molecule has 0 aliphatic heterocycles. The van der Waals surface area contributed by atoms with Gasteiger partial charge in [-0.3, -0.25) is 0 Å². The molecule has 0 saturated heterocycles. The predicted octanol–water partition coefficient (Wildman–Crippen LogP) is 13.2. The third kappa shape index (κ3) is 4.03. The predicted molar refractivity (Wildman–Crippen MR) is 200 cm³/mol. The van der Waals surface area contributed by atoms with Gasteiger partial charge in [-0.1, -0.05) is 140 Å². The molecule has 0 aliphatic rings. The van der Waals surface area contributed by atoms with Crippen molar-refractivity contribution in [2.75, 3.05) is 0 Å². The maximum absolute atomic E-state index is 6.25. The van der Waals surface area contributed by atoms with Crippen molar-refractivity contribution < 1.29 is 4.42 Å². The number of benzene rings is 9. The van der Waals surface area contributed by atoms with Crippen molar-refractivity contribution in [3.05, 3.63) is 170 Å². The first-order chi connectivity index (χ1) is 23.3. The lowest BCUT2D eigenvalue weighted by atomic mass is 9.83. The van der Waals surface area contributed by atoms with Gasteiger partial charge in [-0.25, -0.2) is 0 Å². The molecule has 0 N–H and O–H groups in total. The molecular formula is C46H28O. The Bertz CT molecular complexity index is 2850. The lowest BCUT2D eigenvalue weighted by molar-refractivity contribution is 0.669. The summed E-state index contributed by atoms with van der Waals surface area (Å²) in [6.07, 6.45) is 0. The number of furan rings is 1. The molecule has 1 heterocycles. The van der Waals surface area contributed by atoms with Crippen molar-refractivity contribution >= 4 is 65.0 Å². The Labute approximate surface area is 271 Å². The molecule has 0 saturated carbocycles. The second-order valence-corrected chi connectivity index (χ2v) is 12.5. The van der Waals surface area contributed by atoms with Crippen LogP contribution in [0.1, 0.15) is 0 Å². The van der Waals surface area contributed by atoms with Gasteiger partial charge in [-0.2, -0.15) is 0 Å². The van der Waals surface area contributed by atoms with E-state index in [1.165, 1.54) is 76.5 Å². The zero-order valence-electron chi connectivity index (χ0n) is 25.6. The normalized spacial score (nSPS) is 11.8. The van der Waals surface area contributed by atoms with Gasteiger partial charge in [0.1, 0.15) is 11.2 Å². The van der Waals surface area contributed by atoms with E-state index in [9.17, 15) is 0 Å². The number of rotatable bonds is 3. The standard InChI is InChI=1S/C46H28O/c1-2-12-31-26-32(21-20-29(31)10-1)33-22-24-40-42(27-33)45(34-23-25-44-41(28-34)36-15-7-8-19-43(36)47-44)38-16-5-6-17-39(38)46(40)37-18-9-13-30-11-3-4-14-35(30)37/h1-28H. The monoisotopic (exact) mass is 596 g/mol. The molecule has 0 fully saturated rings. The SMILES string of the molecule is c1ccc2cc(-c3ccc4c(-c5cccc6ccccc56)c5ccccc5c(-c5ccc6oc7ccccc7c6c5)c4c3)ccc2c1. The minimum absolute atomic E-state index is 0.910. The molecule has 10 aromatic rings. The average Bonchev–Trinajstić information content (AvgIpc) is 3.51. The highest BCUT2D eigenvalue weighted by molar-refractivity contribution is 6.24. The van der Waals surface area contributed by atoms with Gasteiger partial charge in [0, 0.05) is 10.8 Å². The third-order valence-electron chi connectivity index (χ3n) is 9.83. The van der Waals surface area contributed by atoms with E-state index in [1.54, 1.807) is 0 Å². The number of fused-ring (bicyclic) bond motifs is 7. The maximum atomic E-state index is 6.25. The molecular weight excluding hydrogens is 569 g/mol. The maximum Gasteiger partial charge on any atom is 0.135 e. The summed E-state index contributed by atoms with van der Waals surface area (Å²) < 4.78 is 6.25. The summed E-state index contributed by atoms with van der Waals surface area (Å²) in [6, 6.07) is 61.8. The van der Waals surface area contributed by atoms with Crippen LogP contribution in [0, 0.1) is 0 Å². The molecule has 218 valence electrons. The van der Waals surface area contributed by atoms with Crippen LogP contribution in [0.2, 0.25) is 0 Å². The summed E-state index contributed by atoms with van der Waals surface area (Å²) >= 11 is 0. The molecule has 1 aromatic heterocycles. The van der Waals surface area contributed by atoms with Gasteiger partial charge >= 0.3 is 0 Å². The second-order valence-electron chi connectivity index (χ2n) is 12.5. The van der Waals surface area contributed by atoms with Crippen LogP contribution < -0.4 is 0 Å². The highest BCUT2D eigenvalue weighted by atomic mass is 16.3. The first kappa shape index (κ1) is 26.1. The van der Waals surface area contributed by atoms with Crippen LogP contribution in [0.4, 0.5) is 0 Å². The molecule has 0 unspecified atom stereocenters. The fraction of sp³-hybridized carbons (Fsp3) is 0. The van der Waals surface area contributed by atoms with Gasteiger partial charge in [-0.05, 0) is 107 Å². The van der Waals surface area contributed by atoms with E-state index in [1.807, 2.05) is 6.07 Å². The first-order valence-corrected chi connectivity index (χ1v) is 16.2. The molecule has 0 aliphatic carbocycles. The van der Waals surface area contributed by atoms with Crippen LogP contribution in [-0.4, -0.2) is 0 Å². The van der Waals surface area contributed by atoms with Crippen molar-refractivity contribution in [2.45, 2.75) is 0 Å². The van der Waals surface area contributed by atoms with Gasteiger partial charge in [0.25, 0.3) is 0 Å². The molecule has 47 heavy (non-hydrogen) atoms. The average molecular weight is 597 g/mol. The molecule has 0 atom stereocenters. The van der Waals surface area contributed by atoms with Crippen LogP contribution >= 0.6 is 0 Å². The zero-order valence-corrected chi connectivity index (χ0v) is 25.6. The molecule has 0 radical (unpaired) electrons. The fourth-order valence-electron chi connectivity index (χ4n) is 7.65. The minimum atomic E-state index is 0.910. The largest absolute Gasteiger partial charge is 0.456 e. The van der Waals surface area contributed by atoms with E-state index in [-0.39, 0.29) is 0 Å². The second kappa shape index (κ2) is 10.2. The Morgan fingerprint density at radius 1 is 0.277 bits per heavy atom. The summed E-state index contributed by atoms with van der Waals surface area (Å²) in [5.41, 5.74) is 9.21. The summed E-state index contributed by atoms with van der Waals surface area (Å²) in [4.78, 5) is 0. The van der Waals surface area contributed by atoms with Gasteiger partial charge < -0.3 is 4.42 Å². The van der Waals surface area contributed by atoms with Crippen molar-refractivity contribution in [2.24, 2.45) is 0 Å². The highest BCUT2D eigenvalue weighted by Crippen LogP contribution is 2.47. The molecule has 1 nitrogen and oxygen atoms in total. The van der Waals surface area contributed by atoms with Crippen molar-refractivity contribution in [1.29, 1.82) is 0 Å². The van der Waals surface area contributed by atoms with Gasteiger partial charge in [0.05, 0.1) is 0 Å². The van der Waals surface area contributed by atoms with E-state index in [0.717, 1.165) is 21.9 Å². The van der Waals surface area contributed by atoms with Crippen molar-refractivity contribution in [1.82, 2.24) is 0 Å². The molecule has 0 bridgehead atoms. The molecule has 0 amide bonds. The molecule has 0 spiro atoms. The van der Waals surface area contributed by atoms with E-state index >= 15 is 0 Å². The Kier molecular flexibility index (Phi) is 5.64. The quantitative estimate of drug-likeness (QED) is 0.185. The van der Waals surface area contributed by atoms with Gasteiger partial charge in [0.2, 0.25) is 0 Å². The van der Waals surface area contributed by atoms with Crippen LogP contribution in [-0.2, 0) is 0 Å². The zero-order chi connectivity index (χ0) is 30.9. The molecule has 10 rings (SSSR count). The highest BCUT2D eigenvalue weighted by Gasteiger charge is 2.20. The smallest absolute Gasteiger partial charge is 0.135 e. The van der Waals surface area contributed by atoms with Crippen molar-refractivity contribution in [3.63, 3.8) is 0 Å². The Hall–Kier alpha value is -6.18. The topological polar surface area (TPSA) is 13.1 Å². The van der Waals surface area contributed by atoms with Gasteiger partial charge in [-0.15, -0.1) is 0 Å². The van der Waals surface area contributed by atoms with E-state index in [4.69, 9.17) is 4.42 Å². The van der Waals surface area contributed by atoms with Crippen LogP contribution in [0.25, 0.3) is 98.4 Å². The Morgan fingerprint density at radius 3 is 1.72 bits per heavy atom. The van der Waals surface area contributed by atoms with Crippen LogP contribution in [0.5, 0.6) is 0 Å². The summed E-state index contributed by atoms with van der Waals surface area (Å²) in [5.74, 6) is 0.